The lowest BCUT2D eigenvalue weighted by Gasteiger charge is -2.34. The number of methoxy groups -OCH3 is 3. The summed E-state index contributed by atoms with van der Waals surface area (Å²) >= 11 is 6.13. The zero-order chi connectivity index (χ0) is 26.2. The Kier molecular flexibility index (Phi) is 6.94. The number of anilines is 2. The van der Waals surface area contributed by atoms with E-state index < -0.39 is 24.2 Å². The molecule has 0 fully saturated rings. The average molecular weight is 525 g/mol. The van der Waals surface area contributed by atoms with Crippen molar-refractivity contribution in [2.24, 2.45) is 0 Å². The summed E-state index contributed by atoms with van der Waals surface area (Å²) in [5.74, 6) is 0.227. The van der Waals surface area contributed by atoms with E-state index in [4.69, 9.17) is 25.8 Å². The highest BCUT2D eigenvalue weighted by atomic mass is 35.5. The summed E-state index contributed by atoms with van der Waals surface area (Å²) in [6.45, 7) is 1.73. The van der Waals surface area contributed by atoms with Gasteiger partial charge in [-0.1, -0.05) is 17.7 Å². The third-order valence-corrected chi connectivity index (χ3v) is 6.50. The number of ether oxygens (including phenoxy) is 3. The number of rotatable bonds is 6. The number of nitrogens with zero attached hydrogens (tertiary/aromatic N) is 2. The summed E-state index contributed by atoms with van der Waals surface area (Å²) in [4.78, 5) is 13.1. The molecule has 2 atom stereocenters. The first-order valence-corrected chi connectivity index (χ1v) is 11.2. The van der Waals surface area contributed by atoms with E-state index in [0.717, 1.165) is 10.9 Å². The quantitative estimate of drug-likeness (QED) is 0.425. The van der Waals surface area contributed by atoms with Gasteiger partial charge in [-0.3, -0.25) is 4.79 Å². The molecular formula is C24H24ClF3N4O4. The zero-order valence-electron chi connectivity index (χ0n) is 19.9. The van der Waals surface area contributed by atoms with E-state index in [0.29, 0.717) is 39.1 Å². The van der Waals surface area contributed by atoms with Crippen molar-refractivity contribution in [3.8, 4) is 17.2 Å². The first-order valence-electron chi connectivity index (χ1n) is 10.9. The number of nitrogens with one attached hydrogen (secondary N) is 2. The lowest BCUT2D eigenvalue weighted by atomic mass is 9.95. The van der Waals surface area contributed by atoms with E-state index in [1.807, 2.05) is 0 Å². The average Bonchev–Trinajstić information content (AvgIpc) is 3.28. The summed E-state index contributed by atoms with van der Waals surface area (Å²) in [6, 6.07) is 5.34. The SMILES string of the molecule is COc1cc([C@@H]2C[C@@H](C(F)(F)F)n3ncc(C(=O)Nc4cccc(Cl)c4C)c3N2)cc(OC)c1OC. The number of halogens is 4. The Hall–Kier alpha value is -3.60. The monoisotopic (exact) mass is 524 g/mol. The first-order chi connectivity index (χ1) is 17.1. The minimum absolute atomic E-state index is 0.0410. The van der Waals surface area contributed by atoms with Crippen LogP contribution in [0.4, 0.5) is 24.7 Å². The van der Waals surface area contributed by atoms with E-state index in [2.05, 4.69) is 15.7 Å². The van der Waals surface area contributed by atoms with Crippen LogP contribution < -0.4 is 24.8 Å². The molecular weight excluding hydrogens is 501 g/mol. The fourth-order valence-electron chi connectivity index (χ4n) is 4.18. The van der Waals surface area contributed by atoms with Crippen LogP contribution in [-0.4, -0.2) is 43.2 Å². The maximum atomic E-state index is 14.1. The van der Waals surface area contributed by atoms with Gasteiger partial charge in [0.25, 0.3) is 5.91 Å². The molecule has 1 aromatic heterocycles. The van der Waals surface area contributed by atoms with E-state index in [-0.39, 0.29) is 17.8 Å². The van der Waals surface area contributed by atoms with Crippen LogP contribution in [-0.2, 0) is 0 Å². The number of amides is 1. The van der Waals surface area contributed by atoms with Gasteiger partial charge in [-0.25, -0.2) is 4.68 Å². The summed E-state index contributed by atoms with van der Waals surface area (Å²) in [6.07, 6.45) is -3.86. The fourth-order valence-corrected chi connectivity index (χ4v) is 4.36. The highest BCUT2D eigenvalue weighted by molar-refractivity contribution is 6.31. The number of benzene rings is 2. The number of carbonyl (C=O) groups excluding carboxylic acids is 1. The maximum Gasteiger partial charge on any atom is 0.410 e. The predicted octanol–water partition coefficient (Wildman–Crippen LogP) is 5.78. The van der Waals surface area contributed by atoms with Crippen LogP contribution in [0, 0.1) is 6.92 Å². The molecule has 12 heteroatoms. The Morgan fingerprint density at radius 3 is 2.42 bits per heavy atom. The Morgan fingerprint density at radius 2 is 1.83 bits per heavy atom. The molecule has 0 bridgehead atoms. The van der Waals surface area contributed by atoms with Crippen molar-refractivity contribution in [2.45, 2.75) is 31.6 Å². The van der Waals surface area contributed by atoms with Crippen LogP contribution in [0.25, 0.3) is 0 Å². The molecule has 0 saturated carbocycles. The molecule has 2 aromatic carbocycles. The van der Waals surface area contributed by atoms with Crippen molar-refractivity contribution in [1.29, 1.82) is 0 Å². The molecule has 0 radical (unpaired) electrons. The largest absolute Gasteiger partial charge is 0.493 e. The molecule has 1 amide bonds. The smallest absolute Gasteiger partial charge is 0.410 e. The van der Waals surface area contributed by atoms with Crippen molar-refractivity contribution in [2.75, 3.05) is 32.0 Å². The van der Waals surface area contributed by atoms with Gasteiger partial charge in [0.05, 0.1) is 33.6 Å². The van der Waals surface area contributed by atoms with Gasteiger partial charge < -0.3 is 24.8 Å². The Morgan fingerprint density at radius 1 is 1.17 bits per heavy atom. The molecule has 192 valence electrons. The van der Waals surface area contributed by atoms with Crippen molar-refractivity contribution in [3.05, 3.63) is 58.2 Å². The molecule has 3 aromatic rings. The van der Waals surface area contributed by atoms with Crippen LogP contribution in [0.5, 0.6) is 17.2 Å². The molecule has 0 aliphatic carbocycles. The van der Waals surface area contributed by atoms with Gasteiger partial charge in [0.2, 0.25) is 5.75 Å². The minimum atomic E-state index is -4.61. The standard InChI is InChI=1S/C24H24ClF3N4O4/c1-12-15(25)6-5-7-16(12)31-23(33)14-11-29-32-20(24(26,27)28)10-17(30-22(14)32)13-8-18(34-2)21(36-4)19(9-13)35-3/h5-9,11,17,20,30H,10H2,1-4H3,(H,31,33)/t17-,20-/m0/s1. The number of alkyl halides is 3. The van der Waals surface area contributed by atoms with Gasteiger partial charge in [0, 0.05) is 17.1 Å². The molecule has 0 saturated heterocycles. The van der Waals surface area contributed by atoms with Gasteiger partial charge in [-0.15, -0.1) is 0 Å². The second-order valence-corrected chi connectivity index (χ2v) is 8.57. The van der Waals surface area contributed by atoms with Crippen molar-refractivity contribution < 1.29 is 32.2 Å². The van der Waals surface area contributed by atoms with Gasteiger partial charge in [0.1, 0.15) is 11.4 Å². The molecule has 2 N–H and O–H groups in total. The molecule has 1 aliphatic rings. The third-order valence-electron chi connectivity index (χ3n) is 6.09. The number of fused-ring (bicyclic) bond motifs is 1. The third kappa shape index (κ3) is 4.62. The lowest BCUT2D eigenvalue weighted by Crippen LogP contribution is -2.36. The molecule has 2 heterocycles. The maximum absolute atomic E-state index is 14.1. The summed E-state index contributed by atoms with van der Waals surface area (Å²) in [5, 5.41) is 10.1. The topological polar surface area (TPSA) is 86.6 Å². The van der Waals surface area contributed by atoms with Crippen LogP contribution in [0.3, 0.4) is 0 Å². The summed E-state index contributed by atoms with van der Waals surface area (Å²) < 4.78 is 59.1. The number of carbonyl (C=O) groups is 1. The van der Waals surface area contributed by atoms with Gasteiger partial charge in [-0.2, -0.15) is 18.3 Å². The number of hydrogen-bond donors (Lipinski definition) is 2. The summed E-state index contributed by atoms with van der Waals surface area (Å²) in [5.41, 5.74) is 1.49. The zero-order valence-corrected chi connectivity index (χ0v) is 20.6. The molecule has 36 heavy (non-hydrogen) atoms. The Bertz CT molecular complexity index is 1270. The highest BCUT2D eigenvalue weighted by Crippen LogP contribution is 2.47. The van der Waals surface area contributed by atoms with E-state index in [9.17, 15) is 18.0 Å². The Labute approximate surface area is 210 Å². The van der Waals surface area contributed by atoms with Gasteiger partial charge in [0.15, 0.2) is 17.5 Å². The van der Waals surface area contributed by atoms with Crippen molar-refractivity contribution in [1.82, 2.24) is 9.78 Å². The van der Waals surface area contributed by atoms with Gasteiger partial charge in [-0.05, 0) is 42.3 Å². The second-order valence-electron chi connectivity index (χ2n) is 8.17. The Balaban J connectivity index is 1.75. The fraction of sp³-hybridized carbons (Fsp3) is 0.333. The minimum Gasteiger partial charge on any atom is -0.493 e. The first kappa shape index (κ1) is 25.5. The second kappa shape index (κ2) is 9.81. The van der Waals surface area contributed by atoms with Crippen molar-refractivity contribution >= 4 is 29.0 Å². The van der Waals surface area contributed by atoms with E-state index in [1.54, 1.807) is 37.3 Å². The molecule has 1 aliphatic heterocycles. The van der Waals surface area contributed by atoms with E-state index >= 15 is 0 Å². The lowest BCUT2D eigenvalue weighted by molar-refractivity contribution is -0.173. The van der Waals surface area contributed by atoms with Crippen LogP contribution in [0.1, 0.15) is 40.0 Å². The number of hydrogen-bond acceptors (Lipinski definition) is 6. The summed E-state index contributed by atoms with van der Waals surface area (Å²) in [7, 11) is 4.27. The van der Waals surface area contributed by atoms with Gasteiger partial charge >= 0.3 is 6.18 Å². The highest BCUT2D eigenvalue weighted by Gasteiger charge is 2.47. The van der Waals surface area contributed by atoms with Crippen molar-refractivity contribution in [3.63, 3.8) is 0 Å². The van der Waals surface area contributed by atoms with E-state index in [1.165, 1.54) is 21.3 Å². The van der Waals surface area contributed by atoms with Crippen LogP contribution >= 0.6 is 11.6 Å². The van der Waals surface area contributed by atoms with Crippen LogP contribution in [0.2, 0.25) is 5.02 Å². The molecule has 4 rings (SSSR count). The van der Waals surface area contributed by atoms with Crippen LogP contribution in [0.15, 0.2) is 36.5 Å². The predicted molar refractivity (Wildman–Crippen MR) is 129 cm³/mol. The normalized spacial score (nSPS) is 17.1. The molecule has 0 spiro atoms. The molecule has 8 nitrogen and oxygen atoms in total. The molecule has 0 unspecified atom stereocenters. The number of aromatic nitrogens is 2.